The zero-order valence-corrected chi connectivity index (χ0v) is 12.1. The zero-order chi connectivity index (χ0) is 12.9. The predicted octanol–water partition coefficient (Wildman–Crippen LogP) is 2.36. The van der Waals surface area contributed by atoms with Crippen molar-refractivity contribution in [1.82, 2.24) is 0 Å². The smallest absolute Gasteiger partial charge is 0.150 e. The van der Waals surface area contributed by atoms with E-state index in [-0.39, 0.29) is 11.2 Å². The minimum atomic E-state index is -2.81. The SMILES string of the molecule is CCS(=O)(=O)CCCC1(CN)CCCC(C)C1. The van der Waals surface area contributed by atoms with Crippen LogP contribution in [-0.4, -0.2) is 26.5 Å². The number of rotatable bonds is 6. The van der Waals surface area contributed by atoms with E-state index in [1.54, 1.807) is 6.92 Å². The van der Waals surface area contributed by atoms with Gasteiger partial charge in [-0.25, -0.2) is 8.42 Å². The van der Waals surface area contributed by atoms with Crippen LogP contribution in [-0.2, 0) is 9.84 Å². The van der Waals surface area contributed by atoms with Crippen molar-refractivity contribution in [2.75, 3.05) is 18.1 Å². The first kappa shape index (κ1) is 15.0. The van der Waals surface area contributed by atoms with Gasteiger partial charge in [-0.05, 0) is 43.6 Å². The molecule has 0 spiro atoms. The van der Waals surface area contributed by atoms with Crippen molar-refractivity contribution in [2.45, 2.75) is 52.4 Å². The Kier molecular flexibility index (Phi) is 5.45. The lowest BCUT2D eigenvalue weighted by atomic mass is 9.68. The second kappa shape index (κ2) is 6.19. The Labute approximate surface area is 106 Å². The molecular weight excluding hydrogens is 234 g/mol. The van der Waals surface area contributed by atoms with Crippen molar-refractivity contribution >= 4 is 9.84 Å². The molecule has 1 aliphatic carbocycles. The molecule has 0 aromatic heterocycles. The molecule has 0 bridgehead atoms. The average Bonchev–Trinajstić information content (AvgIpc) is 2.29. The molecule has 1 saturated carbocycles. The van der Waals surface area contributed by atoms with Crippen LogP contribution in [0.4, 0.5) is 0 Å². The number of nitrogens with two attached hydrogens (primary N) is 1. The summed E-state index contributed by atoms with van der Waals surface area (Å²) in [4.78, 5) is 0. The average molecular weight is 261 g/mol. The van der Waals surface area contributed by atoms with Gasteiger partial charge in [-0.15, -0.1) is 0 Å². The summed E-state index contributed by atoms with van der Waals surface area (Å²) in [5, 5.41) is 0. The highest BCUT2D eigenvalue weighted by molar-refractivity contribution is 7.91. The van der Waals surface area contributed by atoms with Crippen LogP contribution in [0.15, 0.2) is 0 Å². The lowest BCUT2D eigenvalue weighted by molar-refractivity contribution is 0.141. The quantitative estimate of drug-likeness (QED) is 0.798. The van der Waals surface area contributed by atoms with E-state index in [0.29, 0.717) is 12.3 Å². The van der Waals surface area contributed by atoms with Crippen LogP contribution in [0.3, 0.4) is 0 Å². The van der Waals surface area contributed by atoms with E-state index in [4.69, 9.17) is 5.73 Å². The van der Waals surface area contributed by atoms with Crippen LogP contribution in [0, 0.1) is 11.3 Å². The Hall–Kier alpha value is -0.0900. The molecule has 102 valence electrons. The van der Waals surface area contributed by atoms with Gasteiger partial charge >= 0.3 is 0 Å². The van der Waals surface area contributed by atoms with Gasteiger partial charge in [0.25, 0.3) is 0 Å². The third-order valence-electron chi connectivity index (χ3n) is 4.22. The largest absolute Gasteiger partial charge is 0.330 e. The minimum Gasteiger partial charge on any atom is -0.330 e. The van der Waals surface area contributed by atoms with Crippen molar-refractivity contribution in [3.8, 4) is 0 Å². The first-order valence-corrected chi connectivity index (χ1v) is 8.66. The Balaban J connectivity index is 2.47. The summed E-state index contributed by atoms with van der Waals surface area (Å²) >= 11 is 0. The third kappa shape index (κ3) is 4.59. The fraction of sp³-hybridized carbons (Fsp3) is 1.00. The molecular formula is C13H27NO2S. The summed E-state index contributed by atoms with van der Waals surface area (Å²) in [5.41, 5.74) is 6.16. The van der Waals surface area contributed by atoms with E-state index in [2.05, 4.69) is 6.92 Å². The molecule has 0 radical (unpaired) electrons. The normalized spacial score (nSPS) is 30.4. The van der Waals surface area contributed by atoms with E-state index in [1.165, 1.54) is 25.7 Å². The fourth-order valence-electron chi connectivity index (χ4n) is 3.09. The first-order valence-electron chi connectivity index (χ1n) is 6.83. The van der Waals surface area contributed by atoms with Gasteiger partial charge < -0.3 is 5.73 Å². The van der Waals surface area contributed by atoms with E-state index in [1.807, 2.05) is 0 Å². The maximum Gasteiger partial charge on any atom is 0.150 e. The molecule has 2 N–H and O–H groups in total. The highest BCUT2D eigenvalue weighted by Crippen LogP contribution is 2.41. The van der Waals surface area contributed by atoms with Crippen LogP contribution < -0.4 is 5.73 Å². The maximum absolute atomic E-state index is 11.5. The molecule has 17 heavy (non-hydrogen) atoms. The van der Waals surface area contributed by atoms with Gasteiger partial charge in [0.05, 0.1) is 5.75 Å². The van der Waals surface area contributed by atoms with Crippen LogP contribution >= 0.6 is 0 Å². The topological polar surface area (TPSA) is 60.2 Å². The van der Waals surface area contributed by atoms with Gasteiger partial charge in [-0.1, -0.05) is 26.7 Å². The molecule has 2 unspecified atom stereocenters. The number of sulfone groups is 1. The number of hydrogen-bond donors (Lipinski definition) is 1. The van der Waals surface area contributed by atoms with E-state index >= 15 is 0 Å². The Morgan fingerprint density at radius 1 is 1.41 bits per heavy atom. The van der Waals surface area contributed by atoms with Crippen LogP contribution in [0.5, 0.6) is 0 Å². The van der Waals surface area contributed by atoms with Crippen molar-refractivity contribution in [3.05, 3.63) is 0 Å². The molecule has 0 aromatic rings. The van der Waals surface area contributed by atoms with Crippen molar-refractivity contribution in [3.63, 3.8) is 0 Å². The third-order valence-corrected chi connectivity index (χ3v) is 6.01. The molecule has 2 atom stereocenters. The summed E-state index contributed by atoms with van der Waals surface area (Å²) in [6.07, 6.45) is 6.66. The van der Waals surface area contributed by atoms with Gasteiger partial charge in [-0.2, -0.15) is 0 Å². The number of hydrogen-bond acceptors (Lipinski definition) is 3. The molecule has 1 fully saturated rings. The van der Waals surface area contributed by atoms with E-state index < -0.39 is 9.84 Å². The second-order valence-electron chi connectivity index (χ2n) is 5.75. The van der Waals surface area contributed by atoms with Gasteiger partial charge in [0, 0.05) is 5.75 Å². The highest BCUT2D eigenvalue weighted by Gasteiger charge is 2.33. The molecule has 4 heteroatoms. The van der Waals surface area contributed by atoms with Gasteiger partial charge in [0.15, 0.2) is 0 Å². The van der Waals surface area contributed by atoms with Gasteiger partial charge in [-0.3, -0.25) is 0 Å². The summed E-state index contributed by atoms with van der Waals surface area (Å²) < 4.78 is 22.9. The van der Waals surface area contributed by atoms with E-state index in [0.717, 1.165) is 18.8 Å². The van der Waals surface area contributed by atoms with Crippen LogP contribution in [0.2, 0.25) is 0 Å². The molecule has 0 saturated heterocycles. The lowest BCUT2D eigenvalue weighted by Crippen LogP contribution is -2.35. The lowest BCUT2D eigenvalue weighted by Gasteiger charge is -2.39. The molecule has 0 aromatic carbocycles. The van der Waals surface area contributed by atoms with Crippen LogP contribution in [0.1, 0.15) is 52.4 Å². The summed E-state index contributed by atoms with van der Waals surface area (Å²) in [5.74, 6) is 1.34. The van der Waals surface area contributed by atoms with Crippen LogP contribution in [0.25, 0.3) is 0 Å². The van der Waals surface area contributed by atoms with Gasteiger partial charge in [0.2, 0.25) is 0 Å². The fourth-order valence-corrected chi connectivity index (χ4v) is 3.97. The molecule has 1 aliphatic rings. The molecule has 0 aliphatic heterocycles. The Morgan fingerprint density at radius 3 is 2.65 bits per heavy atom. The van der Waals surface area contributed by atoms with Crippen molar-refractivity contribution in [2.24, 2.45) is 17.1 Å². The predicted molar refractivity (Wildman–Crippen MR) is 72.7 cm³/mol. The summed E-state index contributed by atoms with van der Waals surface area (Å²) in [6.45, 7) is 4.71. The highest BCUT2D eigenvalue weighted by atomic mass is 32.2. The monoisotopic (exact) mass is 261 g/mol. The molecule has 3 nitrogen and oxygen atoms in total. The van der Waals surface area contributed by atoms with E-state index in [9.17, 15) is 8.42 Å². The second-order valence-corrected chi connectivity index (χ2v) is 8.22. The zero-order valence-electron chi connectivity index (χ0n) is 11.2. The maximum atomic E-state index is 11.5. The molecule has 0 amide bonds. The summed E-state index contributed by atoms with van der Waals surface area (Å²) in [7, 11) is -2.81. The minimum absolute atomic E-state index is 0.223. The Bertz CT molecular complexity index is 326. The Morgan fingerprint density at radius 2 is 2.12 bits per heavy atom. The first-order chi connectivity index (χ1) is 7.93. The van der Waals surface area contributed by atoms with Crippen molar-refractivity contribution < 1.29 is 8.42 Å². The molecule has 1 rings (SSSR count). The van der Waals surface area contributed by atoms with Crippen molar-refractivity contribution in [1.29, 1.82) is 0 Å². The summed E-state index contributed by atoms with van der Waals surface area (Å²) in [6, 6.07) is 0. The molecule has 0 heterocycles. The standard InChI is InChI=1S/C13H27NO2S/c1-3-17(15,16)9-5-8-13(11-14)7-4-6-12(2)10-13/h12H,3-11,14H2,1-2H3. The van der Waals surface area contributed by atoms with Gasteiger partial charge in [0.1, 0.15) is 9.84 Å².